The van der Waals surface area contributed by atoms with Crippen LogP contribution in [0.1, 0.15) is 45.7 Å². The van der Waals surface area contributed by atoms with Gasteiger partial charge >= 0.3 is 0 Å². The lowest BCUT2D eigenvalue weighted by atomic mass is 10.1. The molecule has 0 saturated carbocycles. The van der Waals surface area contributed by atoms with Crippen molar-refractivity contribution in [1.82, 2.24) is 4.90 Å². The molecule has 7 heteroatoms. The van der Waals surface area contributed by atoms with E-state index in [1.165, 1.54) is 0 Å². The molecule has 1 aliphatic heterocycles. The van der Waals surface area contributed by atoms with Gasteiger partial charge in [0, 0.05) is 35.4 Å². The van der Waals surface area contributed by atoms with Gasteiger partial charge in [-0.25, -0.2) is 0 Å². The maximum Gasteiger partial charge on any atom is 0.291 e. The average molecular weight is 482 g/mol. The highest BCUT2D eigenvalue weighted by molar-refractivity contribution is 6.04. The fraction of sp³-hybridized carbons (Fsp3) is 0.207. The van der Waals surface area contributed by atoms with E-state index in [0.717, 1.165) is 43.3 Å². The Hall–Kier alpha value is -4.39. The first-order chi connectivity index (χ1) is 17.5. The van der Waals surface area contributed by atoms with Crippen LogP contribution in [0, 0.1) is 0 Å². The van der Waals surface area contributed by atoms with Crippen LogP contribution in [-0.4, -0.2) is 35.7 Å². The first-order valence-corrected chi connectivity index (χ1v) is 12.1. The Bertz CT molecular complexity index is 1370. The van der Waals surface area contributed by atoms with Crippen LogP contribution in [0.5, 0.6) is 0 Å². The van der Waals surface area contributed by atoms with Gasteiger partial charge in [0.1, 0.15) is 5.58 Å². The summed E-state index contributed by atoms with van der Waals surface area (Å²) in [5.41, 5.74) is 3.24. The number of hydrogen-bond acceptors (Lipinski definition) is 4. The van der Waals surface area contributed by atoms with Gasteiger partial charge in [0.2, 0.25) is 5.91 Å². The quantitative estimate of drug-likeness (QED) is 0.381. The minimum absolute atomic E-state index is 0.00563. The SMILES string of the molecule is O=C(Cc1ccc(NC(=O)c2cc3ccccc3o2)cc1)Nc1cccc(C(=O)N2CCCCC2)c1. The van der Waals surface area contributed by atoms with Gasteiger partial charge in [-0.15, -0.1) is 0 Å². The summed E-state index contributed by atoms with van der Waals surface area (Å²) in [5, 5.41) is 6.56. The number of carbonyl (C=O) groups is 3. The third kappa shape index (κ3) is 5.46. The monoisotopic (exact) mass is 481 g/mol. The van der Waals surface area contributed by atoms with E-state index >= 15 is 0 Å². The summed E-state index contributed by atoms with van der Waals surface area (Å²) >= 11 is 0. The standard InChI is InChI=1S/C29H27N3O4/c33-27(30-24-9-6-8-22(18-24)29(35)32-15-4-1-5-16-32)17-20-11-13-23(14-12-20)31-28(34)26-19-21-7-2-3-10-25(21)36-26/h2-3,6-14,18-19H,1,4-5,15-17H2,(H,30,33)(H,31,34). The summed E-state index contributed by atoms with van der Waals surface area (Å²) < 4.78 is 5.60. The minimum Gasteiger partial charge on any atom is -0.451 e. The topological polar surface area (TPSA) is 91.6 Å². The van der Waals surface area contributed by atoms with Gasteiger partial charge in [-0.2, -0.15) is 0 Å². The van der Waals surface area contributed by atoms with Crippen LogP contribution in [0.25, 0.3) is 11.0 Å². The summed E-state index contributed by atoms with van der Waals surface area (Å²) in [6, 6.07) is 23.3. The molecule has 5 rings (SSSR count). The molecule has 1 aliphatic rings. The smallest absolute Gasteiger partial charge is 0.291 e. The zero-order valence-electron chi connectivity index (χ0n) is 19.8. The maximum atomic E-state index is 12.8. The first-order valence-electron chi connectivity index (χ1n) is 12.1. The van der Waals surface area contributed by atoms with E-state index in [2.05, 4.69) is 10.6 Å². The number of nitrogens with zero attached hydrogens (tertiary/aromatic N) is 1. The second-order valence-electron chi connectivity index (χ2n) is 8.96. The van der Waals surface area contributed by atoms with Crippen molar-refractivity contribution >= 4 is 40.1 Å². The Morgan fingerprint density at radius 3 is 2.33 bits per heavy atom. The predicted molar refractivity (Wildman–Crippen MR) is 139 cm³/mol. The van der Waals surface area contributed by atoms with Crippen molar-refractivity contribution in [3.05, 3.63) is 95.7 Å². The molecule has 1 saturated heterocycles. The van der Waals surface area contributed by atoms with Gasteiger partial charge in [0.15, 0.2) is 5.76 Å². The van der Waals surface area contributed by atoms with E-state index in [1.54, 1.807) is 54.6 Å². The number of benzene rings is 3. The van der Waals surface area contributed by atoms with Crippen LogP contribution in [0.4, 0.5) is 11.4 Å². The molecular formula is C29H27N3O4. The Kier molecular flexibility index (Phi) is 6.80. The molecule has 0 unspecified atom stereocenters. The number of anilines is 2. The number of piperidine rings is 1. The number of amides is 3. The van der Waals surface area contributed by atoms with Gasteiger partial charge in [-0.3, -0.25) is 14.4 Å². The molecule has 0 radical (unpaired) electrons. The largest absolute Gasteiger partial charge is 0.451 e. The van der Waals surface area contributed by atoms with Crippen molar-refractivity contribution < 1.29 is 18.8 Å². The van der Waals surface area contributed by atoms with Crippen LogP contribution in [-0.2, 0) is 11.2 Å². The van der Waals surface area contributed by atoms with Gasteiger partial charge in [0.25, 0.3) is 11.8 Å². The Morgan fingerprint density at radius 1 is 0.778 bits per heavy atom. The number of nitrogens with one attached hydrogen (secondary N) is 2. The molecule has 0 atom stereocenters. The maximum absolute atomic E-state index is 12.8. The zero-order chi connectivity index (χ0) is 24.9. The van der Waals surface area contributed by atoms with Crippen molar-refractivity contribution in [2.45, 2.75) is 25.7 Å². The number of likely N-dealkylation sites (tertiary alicyclic amines) is 1. The highest BCUT2D eigenvalue weighted by Crippen LogP contribution is 2.21. The van der Waals surface area contributed by atoms with E-state index in [0.29, 0.717) is 22.5 Å². The number of para-hydroxylation sites is 1. The number of furan rings is 1. The van der Waals surface area contributed by atoms with Crippen molar-refractivity contribution in [2.24, 2.45) is 0 Å². The van der Waals surface area contributed by atoms with Gasteiger partial charge < -0.3 is 20.0 Å². The lowest BCUT2D eigenvalue weighted by molar-refractivity contribution is -0.115. The van der Waals surface area contributed by atoms with Gasteiger partial charge in [-0.05, 0) is 67.3 Å². The van der Waals surface area contributed by atoms with E-state index in [1.807, 2.05) is 29.2 Å². The molecule has 3 aromatic carbocycles. The predicted octanol–water partition coefficient (Wildman–Crippen LogP) is 5.49. The van der Waals surface area contributed by atoms with Crippen LogP contribution in [0.3, 0.4) is 0 Å². The van der Waals surface area contributed by atoms with Crippen LogP contribution in [0.15, 0.2) is 83.3 Å². The van der Waals surface area contributed by atoms with Crippen LogP contribution < -0.4 is 10.6 Å². The molecule has 0 aliphatic carbocycles. The molecular weight excluding hydrogens is 454 g/mol. The lowest BCUT2D eigenvalue weighted by Gasteiger charge is -2.26. The summed E-state index contributed by atoms with van der Waals surface area (Å²) in [6.07, 6.45) is 3.39. The average Bonchev–Trinajstić information content (AvgIpc) is 3.35. The van der Waals surface area contributed by atoms with Crippen molar-refractivity contribution in [3.63, 3.8) is 0 Å². The third-order valence-electron chi connectivity index (χ3n) is 6.26. The Balaban J connectivity index is 1.16. The van der Waals surface area contributed by atoms with Crippen molar-refractivity contribution in [2.75, 3.05) is 23.7 Å². The summed E-state index contributed by atoms with van der Waals surface area (Å²) in [5.74, 6) is -0.279. The molecule has 4 aromatic rings. The minimum atomic E-state index is -0.337. The molecule has 0 spiro atoms. The molecule has 1 aromatic heterocycles. The number of rotatable bonds is 6. The normalized spacial score (nSPS) is 13.4. The van der Waals surface area contributed by atoms with E-state index in [-0.39, 0.29) is 29.9 Å². The number of hydrogen-bond donors (Lipinski definition) is 2. The van der Waals surface area contributed by atoms with Crippen LogP contribution >= 0.6 is 0 Å². The van der Waals surface area contributed by atoms with Crippen LogP contribution in [0.2, 0.25) is 0 Å². The highest BCUT2D eigenvalue weighted by atomic mass is 16.3. The Labute approximate surface area is 209 Å². The molecule has 2 heterocycles. The van der Waals surface area contributed by atoms with E-state index < -0.39 is 0 Å². The first kappa shape index (κ1) is 23.4. The molecule has 182 valence electrons. The van der Waals surface area contributed by atoms with E-state index in [4.69, 9.17) is 4.42 Å². The van der Waals surface area contributed by atoms with Crippen molar-refractivity contribution in [1.29, 1.82) is 0 Å². The molecule has 0 bridgehead atoms. The summed E-state index contributed by atoms with van der Waals surface area (Å²) in [6.45, 7) is 1.56. The summed E-state index contributed by atoms with van der Waals surface area (Å²) in [4.78, 5) is 39.8. The fourth-order valence-corrected chi connectivity index (χ4v) is 4.39. The second kappa shape index (κ2) is 10.5. The fourth-order valence-electron chi connectivity index (χ4n) is 4.39. The zero-order valence-corrected chi connectivity index (χ0v) is 19.8. The molecule has 36 heavy (non-hydrogen) atoms. The summed E-state index contributed by atoms with van der Waals surface area (Å²) in [7, 11) is 0. The molecule has 3 amide bonds. The van der Waals surface area contributed by atoms with Gasteiger partial charge in [0.05, 0.1) is 6.42 Å². The molecule has 7 nitrogen and oxygen atoms in total. The van der Waals surface area contributed by atoms with E-state index in [9.17, 15) is 14.4 Å². The third-order valence-corrected chi connectivity index (χ3v) is 6.26. The number of fused-ring (bicyclic) bond motifs is 1. The van der Waals surface area contributed by atoms with Crippen molar-refractivity contribution in [3.8, 4) is 0 Å². The second-order valence-corrected chi connectivity index (χ2v) is 8.96. The molecule has 1 fully saturated rings. The lowest BCUT2D eigenvalue weighted by Crippen LogP contribution is -2.35. The van der Waals surface area contributed by atoms with Gasteiger partial charge in [-0.1, -0.05) is 36.4 Å². The molecule has 2 N–H and O–H groups in total. The highest BCUT2D eigenvalue weighted by Gasteiger charge is 2.18. The Morgan fingerprint density at radius 2 is 1.56 bits per heavy atom. The number of carbonyl (C=O) groups excluding carboxylic acids is 3.